The molecule has 0 saturated carbocycles. The van der Waals surface area contributed by atoms with Crippen LogP contribution in [0.5, 0.6) is 0 Å². The number of carbonyl (C=O) groups excluding carboxylic acids is 1. The van der Waals surface area contributed by atoms with Crippen molar-refractivity contribution >= 4 is 5.91 Å². The van der Waals surface area contributed by atoms with Crippen molar-refractivity contribution in [2.75, 3.05) is 33.7 Å². The van der Waals surface area contributed by atoms with Crippen molar-refractivity contribution in [2.24, 2.45) is 0 Å². The number of likely N-dealkylation sites (N-methyl/N-ethyl adjacent to an activating group) is 1. The van der Waals surface area contributed by atoms with Gasteiger partial charge in [-0.15, -0.1) is 0 Å². The molecule has 2 heterocycles. The van der Waals surface area contributed by atoms with Gasteiger partial charge in [0.1, 0.15) is 5.82 Å². The second-order valence-electron chi connectivity index (χ2n) is 6.69. The van der Waals surface area contributed by atoms with E-state index in [1.165, 1.54) is 12.1 Å². The average molecular weight is 345 g/mol. The summed E-state index contributed by atoms with van der Waals surface area (Å²) in [5, 5.41) is 7.15. The number of nitrogens with one attached hydrogen (secondary N) is 1. The highest BCUT2D eigenvalue weighted by Gasteiger charge is 2.25. The average Bonchev–Trinajstić information content (AvgIpc) is 3.22. The van der Waals surface area contributed by atoms with E-state index in [-0.39, 0.29) is 11.7 Å². The van der Waals surface area contributed by atoms with Gasteiger partial charge in [0, 0.05) is 37.4 Å². The Kier molecular flexibility index (Phi) is 5.45. The first kappa shape index (κ1) is 17.6. The van der Waals surface area contributed by atoms with Crippen LogP contribution in [0.4, 0.5) is 4.39 Å². The van der Waals surface area contributed by atoms with Crippen LogP contribution >= 0.6 is 0 Å². The van der Waals surface area contributed by atoms with Crippen LogP contribution in [-0.2, 0) is 11.3 Å². The summed E-state index contributed by atoms with van der Waals surface area (Å²) in [5.41, 5.74) is 1.54. The fraction of sp³-hybridized carbons (Fsp3) is 0.444. The minimum absolute atomic E-state index is 0.0120. The normalized spacial score (nSPS) is 18.0. The first-order chi connectivity index (χ1) is 12.0. The van der Waals surface area contributed by atoms with Crippen LogP contribution in [0.2, 0.25) is 0 Å². The smallest absolute Gasteiger partial charge is 0.234 e. The lowest BCUT2D eigenvalue weighted by Crippen LogP contribution is -2.38. The standard InChI is InChI=1S/C18H24FN5O/c1-22(2)17-6-7-23(12-17)13-18(25)20-9-14-10-21-24(11-14)16-5-3-4-15(19)8-16/h3-5,8,10-11,17H,6-7,9,12-13H2,1-2H3,(H,20,25)/t17-/m1/s1. The van der Waals surface area contributed by atoms with Crippen LogP contribution in [0, 0.1) is 5.82 Å². The molecule has 1 fully saturated rings. The molecule has 0 radical (unpaired) electrons. The molecule has 1 amide bonds. The minimum atomic E-state index is -0.301. The fourth-order valence-corrected chi connectivity index (χ4v) is 3.05. The molecule has 1 atom stereocenters. The van der Waals surface area contributed by atoms with Gasteiger partial charge in [0.15, 0.2) is 0 Å². The summed E-state index contributed by atoms with van der Waals surface area (Å²) in [4.78, 5) is 16.5. The highest BCUT2D eigenvalue weighted by atomic mass is 19.1. The van der Waals surface area contributed by atoms with Crippen molar-refractivity contribution in [1.29, 1.82) is 0 Å². The third-order valence-corrected chi connectivity index (χ3v) is 4.54. The maximum absolute atomic E-state index is 13.3. The number of amides is 1. The monoisotopic (exact) mass is 345 g/mol. The van der Waals surface area contributed by atoms with Gasteiger partial charge in [-0.25, -0.2) is 9.07 Å². The van der Waals surface area contributed by atoms with Crippen molar-refractivity contribution in [3.05, 3.63) is 48.0 Å². The van der Waals surface area contributed by atoms with Crippen molar-refractivity contribution in [1.82, 2.24) is 24.9 Å². The van der Waals surface area contributed by atoms with E-state index in [4.69, 9.17) is 0 Å². The van der Waals surface area contributed by atoms with Gasteiger partial charge in [0.25, 0.3) is 0 Å². The third-order valence-electron chi connectivity index (χ3n) is 4.54. The Bertz CT molecular complexity index is 730. The Balaban J connectivity index is 1.48. The molecule has 7 heteroatoms. The number of rotatable bonds is 6. The number of benzene rings is 1. The summed E-state index contributed by atoms with van der Waals surface area (Å²) in [6.07, 6.45) is 4.58. The molecule has 0 unspecified atom stereocenters. The molecule has 3 rings (SSSR count). The lowest BCUT2D eigenvalue weighted by atomic mass is 10.2. The van der Waals surface area contributed by atoms with Gasteiger partial charge in [-0.2, -0.15) is 5.10 Å². The molecule has 1 N–H and O–H groups in total. The lowest BCUT2D eigenvalue weighted by molar-refractivity contribution is -0.122. The van der Waals surface area contributed by atoms with Crippen molar-refractivity contribution in [2.45, 2.75) is 19.0 Å². The maximum atomic E-state index is 13.3. The van der Waals surface area contributed by atoms with Crippen LogP contribution in [-0.4, -0.2) is 65.3 Å². The van der Waals surface area contributed by atoms with Crippen LogP contribution in [0.15, 0.2) is 36.7 Å². The first-order valence-corrected chi connectivity index (χ1v) is 8.46. The van der Waals surface area contributed by atoms with Crippen LogP contribution in [0.1, 0.15) is 12.0 Å². The highest BCUT2D eigenvalue weighted by Crippen LogP contribution is 2.13. The van der Waals surface area contributed by atoms with Gasteiger partial charge in [-0.1, -0.05) is 6.07 Å². The Morgan fingerprint density at radius 1 is 1.44 bits per heavy atom. The van der Waals surface area contributed by atoms with E-state index >= 15 is 0 Å². The van der Waals surface area contributed by atoms with E-state index in [2.05, 4.69) is 34.3 Å². The fourth-order valence-electron chi connectivity index (χ4n) is 3.05. The Morgan fingerprint density at radius 3 is 3.00 bits per heavy atom. The Hall–Kier alpha value is -2.25. The predicted molar refractivity (Wildman–Crippen MR) is 93.9 cm³/mol. The van der Waals surface area contributed by atoms with Gasteiger partial charge in [0.05, 0.1) is 18.4 Å². The molecule has 1 aliphatic heterocycles. The second kappa shape index (κ2) is 7.76. The number of likely N-dealkylation sites (tertiary alicyclic amines) is 1. The summed E-state index contributed by atoms with van der Waals surface area (Å²) in [6.45, 7) is 2.72. The van der Waals surface area contributed by atoms with E-state index < -0.39 is 0 Å². The van der Waals surface area contributed by atoms with E-state index in [1.807, 2.05) is 0 Å². The van der Waals surface area contributed by atoms with E-state index in [0.29, 0.717) is 24.8 Å². The van der Waals surface area contributed by atoms with Crippen molar-refractivity contribution in [3.8, 4) is 5.69 Å². The summed E-state index contributed by atoms with van der Waals surface area (Å²) in [5.74, 6) is -0.289. The quantitative estimate of drug-likeness (QED) is 0.857. The summed E-state index contributed by atoms with van der Waals surface area (Å²) in [6, 6.07) is 6.77. The molecule has 1 aromatic heterocycles. The number of aromatic nitrogens is 2. The number of hydrogen-bond donors (Lipinski definition) is 1. The van der Waals surface area contributed by atoms with Crippen molar-refractivity contribution in [3.63, 3.8) is 0 Å². The number of hydrogen-bond acceptors (Lipinski definition) is 4. The van der Waals surface area contributed by atoms with E-state index in [1.54, 1.807) is 29.2 Å². The van der Waals surface area contributed by atoms with E-state index in [9.17, 15) is 9.18 Å². The second-order valence-corrected chi connectivity index (χ2v) is 6.69. The summed E-state index contributed by atoms with van der Waals surface area (Å²) >= 11 is 0. The summed E-state index contributed by atoms with van der Waals surface area (Å²) < 4.78 is 14.9. The van der Waals surface area contributed by atoms with Crippen LogP contribution < -0.4 is 5.32 Å². The van der Waals surface area contributed by atoms with Gasteiger partial charge < -0.3 is 10.2 Å². The molecule has 2 aromatic rings. The molecule has 6 nitrogen and oxygen atoms in total. The highest BCUT2D eigenvalue weighted by molar-refractivity contribution is 5.78. The zero-order valence-corrected chi connectivity index (χ0v) is 14.7. The molecule has 134 valence electrons. The molecule has 25 heavy (non-hydrogen) atoms. The SMILES string of the molecule is CN(C)[C@@H]1CCN(CC(=O)NCc2cnn(-c3cccc(F)c3)c2)C1. The van der Waals surface area contributed by atoms with Crippen LogP contribution in [0.3, 0.4) is 0 Å². The van der Waals surface area contributed by atoms with Crippen LogP contribution in [0.25, 0.3) is 5.69 Å². The predicted octanol–water partition coefficient (Wildman–Crippen LogP) is 1.26. The van der Waals surface area contributed by atoms with Gasteiger partial charge in [-0.3, -0.25) is 9.69 Å². The zero-order valence-electron chi connectivity index (χ0n) is 14.7. The molecule has 1 aromatic carbocycles. The molecule has 1 saturated heterocycles. The lowest BCUT2D eigenvalue weighted by Gasteiger charge is -2.19. The molecular weight excluding hydrogens is 321 g/mol. The summed E-state index contributed by atoms with van der Waals surface area (Å²) in [7, 11) is 4.15. The van der Waals surface area contributed by atoms with Crippen molar-refractivity contribution < 1.29 is 9.18 Å². The maximum Gasteiger partial charge on any atom is 0.234 e. The largest absolute Gasteiger partial charge is 0.351 e. The number of halogens is 1. The topological polar surface area (TPSA) is 53.4 Å². The molecule has 0 bridgehead atoms. The van der Waals surface area contributed by atoms with E-state index in [0.717, 1.165) is 25.1 Å². The van der Waals surface area contributed by atoms with Gasteiger partial charge >= 0.3 is 0 Å². The first-order valence-electron chi connectivity index (χ1n) is 8.46. The number of carbonyl (C=O) groups is 1. The molecule has 1 aliphatic rings. The van der Waals surface area contributed by atoms with Gasteiger partial charge in [0.2, 0.25) is 5.91 Å². The van der Waals surface area contributed by atoms with Gasteiger partial charge in [-0.05, 0) is 38.7 Å². The molecule has 0 spiro atoms. The number of nitrogens with zero attached hydrogens (tertiary/aromatic N) is 4. The Morgan fingerprint density at radius 2 is 2.28 bits per heavy atom. The molecular formula is C18H24FN5O. The molecule has 0 aliphatic carbocycles. The minimum Gasteiger partial charge on any atom is -0.351 e. The third kappa shape index (κ3) is 4.64. The Labute approximate surface area is 147 Å². The zero-order chi connectivity index (χ0) is 17.8.